The van der Waals surface area contributed by atoms with E-state index in [2.05, 4.69) is 16.4 Å². The number of hydrogen-bond acceptors (Lipinski definition) is 4. The molecule has 2 aromatic rings. The summed E-state index contributed by atoms with van der Waals surface area (Å²) in [6, 6.07) is 11.7. The Hall–Kier alpha value is -2.14. The van der Waals surface area contributed by atoms with Crippen LogP contribution in [0.5, 0.6) is 5.75 Å². The highest BCUT2D eigenvalue weighted by Gasteiger charge is 2.23. The minimum atomic E-state index is 0.102. The molecular weight excluding hydrogens is 258 g/mol. The van der Waals surface area contributed by atoms with Crippen LogP contribution >= 0.6 is 12.2 Å². The predicted molar refractivity (Wildman–Crippen MR) is 78.4 cm³/mol. The summed E-state index contributed by atoms with van der Waals surface area (Å²) in [6.07, 6.45) is 1.69. The van der Waals surface area contributed by atoms with E-state index < -0.39 is 0 Å². The van der Waals surface area contributed by atoms with Crippen molar-refractivity contribution in [1.29, 1.82) is 0 Å². The van der Waals surface area contributed by atoms with Crippen molar-refractivity contribution in [3.63, 3.8) is 0 Å². The van der Waals surface area contributed by atoms with E-state index in [9.17, 15) is 0 Å². The fraction of sp³-hybridized carbons (Fsp3) is 0.143. The Morgan fingerprint density at radius 1 is 1.37 bits per heavy atom. The lowest BCUT2D eigenvalue weighted by atomic mass is 10.1. The summed E-state index contributed by atoms with van der Waals surface area (Å²) in [5, 5.41) is 3.34. The second-order valence-electron chi connectivity index (χ2n) is 4.34. The van der Waals surface area contributed by atoms with Crippen LogP contribution in [0.4, 0.5) is 5.82 Å². The first-order valence-electron chi connectivity index (χ1n) is 5.98. The van der Waals surface area contributed by atoms with Gasteiger partial charge in [0.1, 0.15) is 23.2 Å². The molecule has 19 heavy (non-hydrogen) atoms. The largest absolute Gasteiger partial charge is 0.491 e. The maximum Gasteiger partial charge on any atom is 0.127 e. The molecule has 5 heteroatoms. The lowest BCUT2D eigenvalue weighted by Gasteiger charge is -2.12. The van der Waals surface area contributed by atoms with E-state index in [1.54, 1.807) is 12.3 Å². The summed E-state index contributed by atoms with van der Waals surface area (Å²) in [7, 11) is 0. The molecule has 0 saturated carbocycles. The molecular formula is C14H13N3OS. The SMILES string of the molecule is NC(=S)c1ccnc(NC2COc3ccccc32)c1. The number of pyridine rings is 1. The van der Waals surface area contributed by atoms with Crippen LogP contribution in [0, 0.1) is 0 Å². The third kappa shape index (κ3) is 2.37. The molecule has 4 nitrogen and oxygen atoms in total. The number of anilines is 1. The fourth-order valence-corrected chi connectivity index (χ4v) is 2.25. The summed E-state index contributed by atoms with van der Waals surface area (Å²) in [6.45, 7) is 0.596. The van der Waals surface area contributed by atoms with Gasteiger partial charge in [-0.05, 0) is 18.2 Å². The van der Waals surface area contributed by atoms with Crippen molar-refractivity contribution in [2.75, 3.05) is 11.9 Å². The molecule has 2 heterocycles. The zero-order valence-electron chi connectivity index (χ0n) is 10.2. The molecule has 96 valence electrons. The molecule has 1 aromatic carbocycles. The van der Waals surface area contributed by atoms with Gasteiger partial charge in [-0.3, -0.25) is 0 Å². The molecule has 1 unspecified atom stereocenters. The highest BCUT2D eigenvalue weighted by molar-refractivity contribution is 7.80. The number of ether oxygens (including phenoxy) is 1. The van der Waals surface area contributed by atoms with Gasteiger partial charge in [0.25, 0.3) is 0 Å². The van der Waals surface area contributed by atoms with Gasteiger partial charge in [0.05, 0.1) is 6.04 Å². The van der Waals surface area contributed by atoms with Crippen LogP contribution in [0.1, 0.15) is 17.2 Å². The van der Waals surface area contributed by atoms with Crippen molar-refractivity contribution in [1.82, 2.24) is 4.98 Å². The van der Waals surface area contributed by atoms with Gasteiger partial charge in [-0.15, -0.1) is 0 Å². The highest BCUT2D eigenvalue weighted by atomic mass is 32.1. The summed E-state index contributed by atoms with van der Waals surface area (Å²) < 4.78 is 5.62. The number of rotatable bonds is 3. The Morgan fingerprint density at radius 3 is 3.05 bits per heavy atom. The molecule has 0 amide bonds. The van der Waals surface area contributed by atoms with Crippen molar-refractivity contribution in [3.05, 3.63) is 53.7 Å². The van der Waals surface area contributed by atoms with Gasteiger partial charge in [0, 0.05) is 17.3 Å². The summed E-state index contributed by atoms with van der Waals surface area (Å²) in [4.78, 5) is 4.65. The van der Waals surface area contributed by atoms with Crippen molar-refractivity contribution >= 4 is 23.0 Å². The molecule has 0 spiro atoms. The van der Waals surface area contributed by atoms with E-state index >= 15 is 0 Å². The minimum absolute atomic E-state index is 0.102. The summed E-state index contributed by atoms with van der Waals surface area (Å²) >= 11 is 4.96. The minimum Gasteiger partial charge on any atom is -0.491 e. The molecule has 0 radical (unpaired) electrons. The van der Waals surface area contributed by atoms with Crippen molar-refractivity contribution in [2.45, 2.75) is 6.04 Å². The van der Waals surface area contributed by atoms with Gasteiger partial charge in [0.15, 0.2) is 0 Å². The van der Waals surface area contributed by atoms with Crippen molar-refractivity contribution < 1.29 is 4.74 Å². The van der Waals surface area contributed by atoms with Crippen molar-refractivity contribution in [2.24, 2.45) is 5.73 Å². The smallest absolute Gasteiger partial charge is 0.127 e. The number of hydrogen-bond donors (Lipinski definition) is 2. The number of nitrogens with one attached hydrogen (secondary N) is 1. The van der Waals surface area contributed by atoms with Crippen LogP contribution in [0.3, 0.4) is 0 Å². The fourth-order valence-electron chi connectivity index (χ4n) is 2.12. The van der Waals surface area contributed by atoms with Crippen LogP contribution in [0.15, 0.2) is 42.6 Å². The Labute approximate surface area is 116 Å². The molecule has 3 N–H and O–H groups in total. The number of aromatic nitrogens is 1. The van der Waals surface area contributed by atoms with Crippen molar-refractivity contribution in [3.8, 4) is 5.75 Å². The average molecular weight is 271 g/mol. The zero-order chi connectivity index (χ0) is 13.2. The molecule has 0 bridgehead atoms. The number of para-hydroxylation sites is 1. The molecule has 1 aliphatic heterocycles. The van der Waals surface area contributed by atoms with Crippen LogP contribution in [-0.2, 0) is 0 Å². The predicted octanol–water partition coefficient (Wildman–Crippen LogP) is 2.26. The molecule has 0 saturated heterocycles. The lowest BCUT2D eigenvalue weighted by Crippen LogP contribution is -2.14. The Bertz CT molecular complexity index is 630. The number of benzene rings is 1. The van der Waals surface area contributed by atoms with Crippen LogP contribution in [0.25, 0.3) is 0 Å². The number of thiocarbonyl (C=S) groups is 1. The number of nitrogens with two attached hydrogens (primary N) is 1. The van der Waals surface area contributed by atoms with E-state index in [-0.39, 0.29) is 6.04 Å². The van der Waals surface area contributed by atoms with Gasteiger partial charge in [-0.25, -0.2) is 4.98 Å². The van der Waals surface area contributed by atoms with Gasteiger partial charge >= 0.3 is 0 Å². The average Bonchev–Trinajstić information content (AvgIpc) is 2.83. The Kier molecular flexibility index (Phi) is 3.05. The lowest BCUT2D eigenvalue weighted by molar-refractivity contribution is 0.339. The first kappa shape index (κ1) is 11.9. The topological polar surface area (TPSA) is 60.2 Å². The number of fused-ring (bicyclic) bond motifs is 1. The monoisotopic (exact) mass is 271 g/mol. The molecule has 1 aliphatic rings. The highest BCUT2D eigenvalue weighted by Crippen LogP contribution is 2.33. The number of nitrogens with zero attached hydrogens (tertiary/aromatic N) is 1. The molecule has 1 aromatic heterocycles. The third-order valence-electron chi connectivity index (χ3n) is 3.07. The van der Waals surface area contributed by atoms with Crippen LogP contribution in [-0.4, -0.2) is 16.6 Å². The van der Waals surface area contributed by atoms with Gasteiger partial charge < -0.3 is 15.8 Å². The maximum atomic E-state index is 5.62. The first-order valence-corrected chi connectivity index (χ1v) is 6.39. The summed E-state index contributed by atoms with van der Waals surface area (Å²) in [5.74, 6) is 1.67. The van der Waals surface area contributed by atoms with Crippen LogP contribution in [0.2, 0.25) is 0 Å². The zero-order valence-corrected chi connectivity index (χ0v) is 11.0. The quantitative estimate of drug-likeness (QED) is 0.839. The van der Waals surface area contributed by atoms with Gasteiger partial charge in [-0.1, -0.05) is 30.4 Å². The van der Waals surface area contributed by atoms with Crippen LogP contribution < -0.4 is 15.8 Å². The van der Waals surface area contributed by atoms with E-state index in [1.807, 2.05) is 24.3 Å². The maximum absolute atomic E-state index is 5.62. The first-order chi connectivity index (χ1) is 9.24. The summed E-state index contributed by atoms with van der Waals surface area (Å²) in [5.41, 5.74) is 7.57. The van der Waals surface area contributed by atoms with E-state index in [0.717, 1.165) is 22.7 Å². The Balaban J connectivity index is 1.83. The van der Waals surface area contributed by atoms with E-state index in [1.165, 1.54) is 0 Å². The van der Waals surface area contributed by atoms with E-state index in [0.29, 0.717) is 11.6 Å². The molecule has 1 atom stereocenters. The second kappa shape index (κ2) is 4.85. The molecule has 0 aliphatic carbocycles. The second-order valence-corrected chi connectivity index (χ2v) is 4.78. The van der Waals surface area contributed by atoms with Gasteiger partial charge in [0.2, 0.25) is 0 Å². The Morgan fingerprint density at radius 2 is 2.21 bits per heavy atom. The molecule has 3 rings (SSSR count). The normalized spacial score (nSPS) is 16.5. The van der Waals surface area contributed by atoms with E-state index in [4.69, 9.17) is 22.7 Å². The molecule has 0 fully saturated rings. The standard InChI is InChI=1S/C14H13N3OS/c15-14(19)9-5-6-16-13(7-9)17-11-8-18-12-4-2-1-3-10(11)12/h1-7,11H,8H2,(H2,15,19)(H,16,17). The third-order valence-corrected chi connectivity index (χ3v) is 3.30. The van der Waals surface area contributed by atoms with Gasteiger partial charge in [-0.2, -0.15) is 0 Å².